The number of anilines is 2. The maximum Gasteiger partial charge on any atom is 0.230 e. The van der Waals surface area contributed by atoms with Crippen LogP contribution in [0.2, 0.25) is 5.02 Å². The van der Waals surface area contributed by atoms with Crippen LogP contribution in [0.4, 0.5) is 11.4 Å². The van der Waals surface area contributed by atoms with E-state index in [9.17, 15) is 4.79 Å². The highest BCUT2D eigenvalue weighted by Gasteiger charge is 2.17. The highest BCUT2D eigenvalue weighted by atomic mass is 35.5. The van der Waals surface area contributed by atoms with E-state index in [0.29, 0.717) is 16.6 Å². The van der Waals surface area contributed by atoms with E-state index in [1.54, 1.807) is 24.5 Å². The zero-order valence-corrected chi connectivity index (χ0v) is 16.2. The van der Waals surface area contributed by atoms with Gasteiger partial charge < -0.3 is 14.6 Å². The lowest BCUT2D eigenvalue weighted by Gasteiger charge is -2.30. The number of rotatable bonds is 5. The average molecular weight is 397 g/mol. The molecule has 0 saturated carbocycles. The van der Waals surface area contributed by atoms with Crippen LogP contribution in [0, 0.1) is 0 Å². The number of carbonyl (C=O) groups is 1. The first-order chi connectivity index (χ1) is 13.7. The van der Waals surface area contributed by atoms with Gasteiger partial charge in [-0.3, -0.25) is 9.78 Å². The third kappa shape index (κ3) is 4.34. The second-order valence-electron chi connectivity index (χ2n) is 6.82. The van der Waals surface area contributed by atoms with E-state index in [4.69, 9.17) is 16.0 Å². The van der Waals surface area contributed by atoms with Gasteiger partial charge in [0.25, 0.3) is 0 Å². The molecule has 3 aromatic rings. The van der Waals surface area contributed by atoms with Gasteiger partial charge >= 0.3 is 0 Å². The molecule has 1 amide bonds. The third-order valence-corrected chi connectivity index (χ3v) is 5.01. The second-order valence-corrected chi connectivity index (χ2v) is 7.25. The van der Waals surface area contributed by atoms with Gasteiger partial charge in [0.15, 0.2) is 0 Å². The quantitative estimate of drug-likeness (QED) is 0.684. The van der Waals surface area contributed by atoms with Crippen molar-refractivity contribution in [3.05, 3.63) is 59.7 Å². The summed E-state index contributed by atoms with van der Waals surface area (Å²) in [5.41, 5.74) is 3.14. The molecular formula is C21H21ClN4O2. The van der Waals surface area contributed by atoms with Crippen LogP contribution >= 0.6 is 11.6 Å². The van der Waals surface area contributed by atoms with Crippen LogP contribution < -0.4 is 10.2 Å². The molecule has 0 bridgehead atoms. The number of halogens is 1. The summed E-state index contributed by atoms with van der Waals surface area (Å²) in [7, 11) is 0. The number of nitrogens with zero attached hydrogens (tertiary/aromatic N) is 3. The minimum Gasteiger partial charge on any atom is -0.444 e. The van der Waals surface area contributed by atoms with Crippen molar-refractivity contribution < 1.29 is 9.21 Å². The van der Waals surface area contributed by atoms with E-state index in [0.717, 1.165) is 30.0 Å². The summed E-state index contributed by atoms with van der Waals surface area (Å²) in [6.07, 6.45) is 8.69. The molecule has 0 radical (unpaired) electrons. The number of aromatic nitrogens is 2. The van der Waals surface area contributed by atoms with Crippen LogP contribution in [0.5, 0.6) is 0 Å². The summed E-state index contributed by atoms with van der Waals surface area (Å²) in [5.74, 6) is 0.317. The minimum atomic E-state index is -0.151. The molecule has 0 aliphatic carbocycles. The van der Waals surface area contributed by atoms with Crippen molar-refractivity contribution in [3.63, 3.8) is 0 Å². The largest absolute Gasteiger partial charge is 0.444 e. The summed E-state index contributed by atoms with van der Waals surface area (Å²) in [4.78, 5) is 23.4. The number of carbonyl (C=O) groups excluding carboxylic acids is 1. The molecule has 1 N–H and O–H groups in total. The fourth-order valence-electron chi connectivity index (χ4n) is 3.37. The average Bonchev–Trinajstić information content (AvgIpc) is 3.18. The number of benzene rings is 1. The Hall–Kier alpha value is -2.86. The highest BCUT2D eigenvalue weighted by Crippen LogP contribution is 2.27. The molecule has 1 fully saturated rings. The predicted molar refractivity (Wildman–Crippen MR) is 110 cm³/mol. The lowest BCUT2D eigenvalue weighted by molar-refractivity contribution is -0.115. The number of hydrogen-bond donors (Lipinski definition) is 1. The molecule has 1 aliphatic rings. The van der Waals surface area contributed by atoms with Gasteiger partial charge in [-0.25, -0.2) is 4.98 Å². The van der Waals surface area contributed by atoms with E-state index in [1.165, 1.54) is 25.5 Å². The Morgan fingerprint density at radius 2 is 1.93 bits per heavy atom. The van der Waals surface area contributed by atoms with Crippen LogP contribution in [0.3, 0.4) is 0 Å². The van der Waals surface area contributed by atoms with Gasteiger partial charge in [0.1, 0.15) is 6.26 Å². The molecule has 1 aromatic carbocycles. The molecule has 144 valence electrons. The van der Waals surface area contributed by atoms with Crippen LogP contribution in [0.1, 0.15) is 25.0 Å². The second kappa shape index (κ2) is 8.44. The lowest BCUT2D eigenvalue weighted by atomic mass is 10.1. The van der Waals surface area contributed by atoms with E-state index in [1.807, 2.05) is 18.2 Å². The molecule has 7 heteroatoms. The van der Waals surface area contributed by atoms with Crippen molar-refractivity contribution in [1.82, 2.24) is 9.97 Å². The molecule has 2 aromatic heterocycles. The van der Waals surface area contributed by atoms with Gasteiger partial charge in [-0.05, 0) is 49.6 Å². The predicted octanol–water partition coefficient (Wildman–Crippen LogP) is 4.56. The minimum absolute atomic E-state index is 0.130. The maximum atomic E-state index is 12.6. The Kier molecular flexibility index (Phi) is 5.58. The fraction of sp³-hybridized carbons (Fsp3) is 0.286. The number of piperidine rings is 1. The van der Waals surface area contributed by atoms with E-state index in [-0.39, 0.29) is 12.3 Å². The van der Waals surface area contributed by atoms with Crippen LogP contribution in [0.25, 0.3) is 11.5 Å². The summed E-state index contributed by atoms with van der Waals surface area (Å²) in [5, 5.41) is 3.62. The van der Waals surface area contributed by atoms with E-state index in [2.05, 4.69) is 20.2 Å². The van der Waals surface area contributed by atoms with Gasteiger partial charge in [0, 0.05) is 29.9 Å². The van der Waals surface area contributed by atoms with E-state index < -0.39 is 0 Å². The Morgan fingerprint density at radius 1 is 1.14 bits per heavy atom. The van der Waals surface area contributed by atoms with E-state index >= 15 is 0 Å². The van der Waals surface area contributed by atoms with Gasteiger partial charge in [-0.2, -0.15) is 0 Å². The zero-order valence-electron chi connectivity index (χ0n) is 15.4. The molecule has 4 rings (SSSR count). The van der Waals surface area contributed by atoms with Gasteiger partial charge in [-0.1, -0.05) is 11.6 Å². The Morgan fingerprint density at radius 3 is 2.71 bits per heavy atom. The molecule has 1 aliphatic heterocycles. The highest BCUT2D eigenvalue weighted by molar-refractivity contribution is 6.30. The normalized spacial score (nSPS) is 14.1. The van der Waals surface area contributed by atoms with Crippen molar-refractivity contribution in [1.29, 1.82) is 0 Å². The third-order valence-electron chi connectivity index (χ3n) is 4.75. The number of pyridine rings is 1. The lowest BCUT2D eigenvalue weighted by Crippen LogP contribution is -2.30. The zero-order chi connectivity index (χ0) is 19.3. The van der Waals surface area contributed by atoms with Crippen molar-refractivity contribution in [2.24, 2.45) is 0 Å². The fourth-order valence-corrected chi connectivity index (χ4v) is 3.49. The molecule has 6 nitrogen and oxygen atoms in total. The van der Waals surface area contributed by atoms with Gasteiger partial charge in [0.2, 0.25) is 11.8 Å². The smallest absolute Gasteiger partial charge is 0.230 e. The van der Waals surface area contributed by atoms with Crippen molar-refractivity contribution in [2.45, 2.75) is 25.7 Å². The van der Waals surface area contributed by atoms with Crippen molar-refractivity contribution in [3.8, 4) is 11.5 Å². The Labute approximate surface area is 168 Å². The first-order valence-electron chi connectivity index (χ1n) is 9.38. The van der Waals surface area contributed by atoms with Crippen molar-refractivity contribution >= 4 is 28.9 Å². The molecule has 0 unspecified atom stereocenters. The summed E-state index contributed by atoms with van der Waals surface area (Å²) >= 11 is 5.91. The molecule has 0 atom stereocenters. The number of amides is 1. The summed E-state index contributed by atoms with van der Waals surface area (Å²) in [6.45, 7) is 2.00. The van der Waals surface area contributed by atoms with Gasteiger partial charge in [0.05, 0.1) is 29.7 Å². The number of oxazole rings is 1. The van der Waals surface area contributed by atoms with Crippen LogP contribution in [0.15, 0.2) is 53.4 Å². The van der Waals surface area contributed by atoms with Crippen molar-refractivity contribution in [2.75, 3.05) is 23.3 Å². The topological polar surface area (TPSA) is 71.3 Å². The monoisotopic (exact) mass is 396 g/mol. The van der Waals surface area contributed by atoms with Gasteiger partial charge in [-0.15, -0.1) is 0 Å². The standard InChI is InChI=1S/C21H21ClN4O2/c22-16-6-4-15(5-7-16)21-24-17(14-28-21)12-20(27)25-18-13-23-9-8-19(18)26-10-2-1-3-11-26/h4-9,13-14H,1-3,10-12H2,(H,25,27). The molecule has 3 heterocycles. The molecule has 28 heavy (non-hydrogen) atoms. The van der Waals surface area contributed by atoms with Crippen LogP contribution in [-0.4, -0.2) is 29.0 Å². The maximum absolute atomic E-state index is 12.6. The summed E-state index contributed by atoms with van der Waals surface area (Å²) in [6, 6.07) is 9.17. The Balaban J connectivity index is 1.43. The first-order valence-corrected chi connectivity index (χ1v) is 9.76. The van der Waals surface area contributed by atoms with Crippen LogP contribution in [-0.2, 0) is 11.2 Å². The number of nitrogens with one attached hydrogen (secondary N) is 1. The molecule has 1 saturated heterocycles. The Bertz CT molecular complexity index is 949. The molecule has 0 spiro atoms. The molecular weight excluding hydrogens is 376 g/mol. The SMILES string of the molecule is O=C(Cc1coc(-c2ccc(Cl)cc2)n1)Nc1cnccc1N1CCCCC1. The summed E-state index contributed by atoms with van der Waals surface area (Å²) < 4.78 is 5.51. The number of hydrogen-bond acceptors (Lipinski definition) is 5. The first kappa shape index (κ1) is 18.5.